The third-order valence-corrected chi connectivity index (χ3v) is 4.72. The van der Waals surface area contributed by atoms with Crippen molar-refractivity contribution in [2.45, 2.75) is 48.1 Å². The van der Waals surface area contributed by atoms with Crippen molar-refractivity contribution in [3.8, 4) is 0 Å². The highest BCUT2D eigenvalue weighted by Gasteiger charge is 2.30. The topological polar surface area (TPSA) is 56.5 Å². The van der Waals surface area contributed by atoms with Crippen molar-refractivity contribution >= 4 is 23.3 Å². The number of rotatable bonds is 6. The van der Waals surface area contributed by atoms with Crippen molar-refractivity contribution in [2.75, 3.05) is 0 Å². The maximum absolute atomic E-state index is 4.46. The zero-order chi connectivity index (χ0) is 13.2. The second kappa shape index (κ2) is 5.42. The van der Waals surface area contributed by atoms with Crippen molar-refractivity contribution in [1.82, 2.24) is 24.1 Å². The second-order valence-electron chi connectivity index (χ2n) is 4.45. The van der Waals surface area contributed by atoms with Gasteiger partial charge in [-0.05, 0) is 36.1 Å². The van der Waals surface area contributed by atoms with Crippen LogP contribution in [0.2, 0.25) is 0 Å². The maximum atomic E-state index is 4.46. The molecule has 1 fully saturated rings. The fourth-order valence-corrected chi connectivity index (χ4v) is 3.47. The molecule has 0 aromatic carbocycles. The highest BCUT2D eigenvalue weighted by atomic mass is 32.2. The summed E-state index contributed by atoms with van der Waals surface area (Å²) in [5.74, 6) is 2.56. The molecule has 0 bridgehead atoms. The summed E-state index contributed by atoms with van der Waals surface area (Å²) in [5.41, 5.74) is 0. The quantitative estimate of drug-likeness (QED) is 0.766. The molecule has 0 aliphatic heterocycles. The molecule has 0 spiro atoms. The largest absolute Gasteiger partial charge is 0.302 e. The lowest BCUT2D eigenvalue weighted by Gasteiger charge is -2.04. The molecule has 1 aliphatic rings. The minimum Gasteiger partial charge on any atom is -0.302 e. The van der Waals surface area contributed by atoms with Crippen molar-refractivity contribution in [3.63, 3.8) is 0 Å². The number of aryl methyl sites for hydroxylation is 1. The average molecular weight is 293 g/mol. The number of hydrogen-bond donors (Lipinski definition) is 0. The molecular weight excluding hydrogens is 278 g/mol. The SMILES string of the molecule is C=CCn1c(Sc2nc(CC)ns2)nnc1C1CC1. The van der Waals surface area contributed by atoms with Crippen LogP contribution in [0.15, 0.2) is 22.2 Å². The van der Waals surface area contributed by atoms with Crippen LogP contribution in [0.5, 0.6) is 0 Å². The molecule has 5 nitrogen and oxygen atoms in total. The zero-order valence-corrected chi connectivity index (χ0v) is 12.4. The van der Waals surface area contributed by atoms with Gasteiger partial charge in [-0.1, -0.05) is 13.0 Å². The summed E-state index contributed by atoms with van der Waals surface area (Å²) < 4.78 is 7.36. The van der Waals surface area contributed by atoms with Crippen LogP contribution in [0.3, 0.4) is 0 Å². The summed E-state index contributed by atoms with van der Waals surface area (Å²) in [7, 11) is 0. The van der Waals surface area contributed by atoms with E-state index in [2.05, 4.69) is 37.6 Å². The fraction of sp³-hybridized carbons (Fsp3) is 0.500. The van der Waals surface area contributed by atoms with E-state index >= 15 is 0 Å². The molecule has 2 heterocycles. The lowest BCUT2D eigenvalue weighted by Crippen LogP contribution is -2.02. The van der Waals surface area contributed by atoms with Crippen LogP contribution in [-0.2, 0) is 13.0 Å². The fourth-order valence-electron chi connectivity index (χ4n) is 1.82. The standard InChI is InChI=1S/C12H15N5S2/c1-3-7-17-10(8-5-6-8)14-15-11(17)18-12-13-9(4-2)16-19-12/h3,8H,1,4-7H2,2H3. The van der Waals surface area contributed by atoms with Gasteiger partial charge in [0.2, 0.25) is 0 Å². The first-order chi connectivity index (χ1) is 9.31. The molecule has 19 heavy (non-hydrogen) atoms. The van der Waals surface area contributed by atoms with E-state index in [0.29, 0.717) is 5.92 Å². The van der Waals surface area contributed by atoms with Gasteiger partial charge in [-0.15, -0.1) is 16.8 Å². The van der Waals surface area contributed by atoms with Gasteiger partial charge < -0.3 is 4.57 Å². The van der Waals surface area contributed by atoms with Crippen LogP contribution in [0.25, 0.3) is 0 Å². The molecule has 0 N–H and O–H groups in total. The van der Waals surface area contributed by atoms with E-state index in [9.17, 15) is 0 Å². The molecule has 7 heteroatoms. The van der Waals surface area contributed by atoms with Crippen LogP contribution in [0.1, 0.15) is 37.3 Å². The molecule has 3 rings (SSSR count). The van der Waals surface area contributed by atoms with Crippen molar-refractivity contribution in [1.29, 1.82) is 0 Å². The first-order valence-electron chi connectivity index (χ1n) is 6.36. The lowest BCUT2D eigenvalue weighted by atomic mass is 10.4. The minimum absolute atomic E-state index is 0.586. The molecule has 1 saturated carbocycles. The van der Waals surface area contributed by atoms with Gasteiger partial charge >= 0.3 is 0 Å². The van der Waals surface area contributed by atoms with E-state index < -0.39 is 0 Å². The molecule has 2 aromatic rings. The summed E-state index contributed by atoms with van der Waals surface area (Å²) in [6.45, 7) is 6.62. The number of nitrogens with zero attached hydrogens (tertiary/aromatic N) is 5. The van der Waals surface area contributed by atoms with Gasteiger partial charge in [0.15, 0.2) is 9.50 Å². The third-order valence-electron chi connectivity index (χ3n) is 2.94. The van der Waals surface area contributed by atoms with E-state index in [1.165, 1.54) is 24.4 Å². The van der Waals surface area contributed by atoms with Crippen LogP contribution in [0, 0.1) is 0 Å². The molecule has 0 amide bonds. The summed E-state index contributed by atoms with van der Waals surface area (Å²) in [6, 6.07) is 0. The number of allylic oxidation sites excluding steroid dienone is 1. The maximum Gasteiger partial charge on any atom is 0.198 e. The summed E-state index contributed by atoms with van der Waals surface area (Å²) in [5, 5.41) is 9.50. The van der Waals surface area contributed by atoms with Gasteiger partial charge in [-0.2, -0.15) is 4.37 Å². The van der Waals surface area contributed by atoms with Gasteiger partial charge in [-0.3, -0.25) is 0 Å². The van der Waals surface area contributed by atoms with Crippen LogP contribution in [-0.4, -0.2) is 24.1 Å². The second-order valence-corrected chi connectivity index (χ2v) is 6.41. The van der Waals surface area contributed by atoms with E-state index in [1.54, 1.807) is 11.8 Å². The molecule has 100 valence electrons. The number of hydrogen-bond acceptors (Lipinski definition) is 6. The van der Waals surface area contributed by atoms with Crippen LogP contribution in [0.4, 0.5) is 0 Å². The van der Waals surface area contributed by atoms with Crippen molar-refractivity contribution < 1.29 is 0 Å². The summed E-state index contributed by atoms with van der Waals surface area (Å²) in [4.78, 5) is 4.46. The normalized spacial score (nSPS) is 14.8. The Balaban J connectivity index is 1.84. The monoisotopic (exact) mass is 293 g/mol. The van der Waals surface area contributed by atoms with Gasteiger partial charge in [0.05, 0.1) is 0 Å². The Bertz CT molecular complexity index is 585. The third kappa shape index (κ3) is 2.71. The Hall–Kier alpha value is -1.21. The first-order valence-corrected chi connectivity index (χ1v) is 7.95. The molecular formula is C12H15N5S2. The first kappa shape index (κ1) is 12.8. The Morgan fingerprint density at radius 1 is 1.47 bits per heavy atom. The van der Waals surface area contributed by atoms with Gasteiger partial charge in [-0.25, -0.2) is 4.98 Å². The van der Waals surface area contributed by atoms with Crippen LogP contribution >= 0.6 is 23.3 Å². The Labute approximate surface area is 120 Å². The highest BCUT2D eigenvalue weighted by Crippen LogP contribution is 2.40. The smallest absolute Gasteiger partial charge is 0.198 e. The predicted octanol–water partition coefficient (Wildman–Crippen LogP) is 2.91. The van der Waals surface area contributed by atoms with Crippen molar-refractivity contribution in [3.05, 3.63) is 24.3 Å². The Morgan fingerprint density at radius 2 is 2.32 bits per heavy atom. The van der Waals surface area contributed by atoms with Crippen molar-refractivity contribution in [2.24, 2.45) is 0 Å². The Morgan fingerprint density at radius 3 is 2.95 bits per heavy atom. The molecule has 0 radical (unpaired) electrons. The van der Waals surface area contributed by atoms with Gasteiger partial charge in [0, 0.05) is 18.9 Å². The van der Waals surface area contributed by atoms with Crippen LogP contribution < -0.4 is 0 Å². The molecule has 2 aromatic heterocycles. The minimum atomic E-state index is 0.586. The van der Waals surface area contributed by atoms with Gasteiger partial charge in [0.1, 0.15) is 11.6 Å². The average Bonchev–Trinajstić information content (AvgIpc) is 3.04. The predicted molar refractivity (Wildman–Crippen MR) is 75.6 cm³/mol. The molecule has 0 atom stereocenters. The summed E-state index contributed by atoms with van der Waals surface area (Å²) in [6.07, 6.45) is 5.19. The lowest BCUT2D eigenvalue weighted by molar-refractivity contribution is 0.681. The van der Waals surface area contributed by atoms with E-state index in [-0.39, 0.29) is 0 Å². The highest BCUT2D eigenvalue weighted by molar-refractivity contribution is 8.00. The van der Waals surface area contributed by atoms with E-state index in [0.717, 1.165) is 34.1 Å². The molecule has 1 aliphatic carbocycles. The van der Waals surface area contributed by atoms with E-state index in [1.807, 2.05) is 6.08 Å². The molecule has 0 unspecified atom stereocenters. The molecule has 0 saturated heterocycles. The zero-order valence-electron chi connectivity index (χ0n) is 10.7. The number of aromatic nitrogens is 5. The Kier molecular flexibility index (Phi) is 3.65. The van der Waals surface area contributed by atoms with Gasteiger partial charge in [0.25, 0.3) is 0 Å². The summed E-state index contributed by atoms with van der Waals surface area (Å²) >= 11 is 2.97. The van der Waals surface area contributed by atoms with E-state index in [4.69, 9.17) is 0 Å².